The molecular formula is C13H20NO+. The summed E-state index contributed by atoms with van der Waals surface area (Å²) in [5.41, 5.74) is 3.09. The largest absolute Gasteiger partial charge is 0.379 e. The van der Waals surface area contributed by atoms with Gasteiger partial charge in [0.2, 0.25) is 0 Å². The summed E-state index contributed by atoms with van der Waals surface area (Å²) in [5, 5.41) is 2.43. The topological polar surface area (TPSA) is 25.8 Å². The molecule has 1 atom stereocenters. The number of rotatable bonds is 4. The van der Waals surface area contributed by atoms with Crippen LogP contribution >= 0.6 is 0 Å². The fourth-order valence-electron chi connectivity index (χ4n) is 2.35. The molecule has 1 aromatic rings. The summed E-state index contributed by atoms with van der Waals surface area (Å²) >= 11 is 0. The molecule has 2 nitrogen and oxygen atoms in total. The van der Waals surface area contributed by atoms with Crippen molar-refractivity contribution < 1.29 is 10.1 Å². The van der Waals surface area contributed by atoms with E-state index in [1.807, 2.05) is 0 Å². The van der Waals surface area contributed by atoms with E-state index in [2.05, 4.69) is 29.6 Å². The molecule has 0 aliphatic heterocycles. The number of hydrogen-bond acceptors (Lipinski definition) is 1. The van der Waals surface area contributed by atoms with Gasteiger partial charge in [-0.3, -0.25) is 0 Å². The van der Waals surface area contributed by atoms with Crippen LogP contribution in [-0.2, 0) is 17.6 Å². The Balaban J connectivity index is 1.88. The summed E-state index contributed by atoms with van der Waals surface area (Å²) in [5.74, 6) is 0. The second-order valence-corrected chi connectivity index (χ2v) is 4.29. The van der Waals surface area contributed by atoms with Gasteiger partial charge in [0.25, 0.3) is 0 Å². The van der Waals surface area contributed by atoms with Crippen LogP contribution in [-0.4, -0.2) is 26.3 Å². The highest BCUT2D eigenvalue weighted by molar-refractivity contribution is 5.29. The number of ether oxygens (including phenoxy) is 1. The highest BCUT2D eigenvalue weighted by Gasteiger charge is 2.19. The van der Waals surface area contributed by atoms with Crippen LogP contribution in [0.1, 0.15) is 17.5 Å². The summed E-state index contributed by atoms with van der Waals surface area (Å²) in [6, 6.07) is 9.59. The SMILES string of the molecule is COCC[NH2+][C@@H]1CCc2ccccc2C1. The van der Waals surface area contributed by atoms with Crippen molar-refractivity contribution in [1.82, 2.24) is 0 Å². The summed E-state index contributed by atoms with van der Waals surface area (Å²) in [6.45, 7) is 1.95. The van der Waals surface area contributed by atoms with Gasteiger partial charge in [-0.1, -0.05) is 24.3 Å². The lowest BCUT2D eigenvalue weighted by Crippen LogP contribution is -2.91. The second-order valence-electron chi connectivity index (χ2n) is 4.29. The third-order valence-corrected chi connectivity index (χ3v) is 3.21. The van der Waals surface area contributed by atoms with E-state index in [-0.39, 0.29) is 0 Å². The molecule has 1 aromatic carbocycles. The average molecular weight is 206 g/mol. The van der Waals surface area contributed by atoms with Crippen LogP contribution in [0.3, 0.4) is 0 Å². The van der Waals surface area contributed by atoms with Crippen molar-refractivity contribution in [1.29, 1.82) is 0 Å². The molecule has 82 valence electrons. The molecule has 0 saturated carbocycles. The molecule has 1 aliphatic carbocycles. The van der Waals surface area contributed by atoms with Crippen LogP contribution in [0.5, 0.6) is 0 Å². The number of hydrogen-bond donors (Lipinski definition) is 1. The fourth-order valence-corrected chi connectivity index (χ4v) is 2.35. The predicted octanol–water partition coefficient (Wildman–Crippen LogP) is 0.754. The summed E-state index contributed by atoms with van der Waals surface area (Å²) in [4.78, 5) is 0. The lowest BCUT2D eigenvalue weighted by Gasteiger charge is -2.22. The highest BCUT2D eigenvalue weighted by atomic mass is 16.5. The maximum absolute atomic E-state index is 5.07. The van der Waals surface area contributed by atoms with Crippen molar-refractivity contribution in [2.45, 2.75) is 25.3 Å². The molecule has 0 spiro atoms. The Morgan fingerprint density at radius 1 is 1.33 bits per heavy atom. The third kappa shape index (κ3) is 2.80. The van der Waals surface area contributed by atoms with Gasteiger partial charge < -0.3 is 10.1 Å². The Bertz CT molecular complexity index is 311. The molecule has 0 bridgehead atoms. The Kier molecular flexibility index (Phi) is 3.75. The van der Waals surface area contributed by atoms with Crippen LogP contribution < -0.4 is 5.32 Å². The summed E-state index contributed by atoms with van der Waals surface area (Å²) in [7, 11) is 1.77. The van der Waals surface area contributed by atoms with Crippen LogP contribution in [0.2, 0.25) is 0 Å². The Morgan fingerprint density at radius 2 is 2.13 bits per heavy atom. The molecule has 15 heavy (non-hydrogen) atoms. The quantitative estimate of drug-likeness (QED) is 0.723. The smallest absolute Gasteiger partial charge is 0.0995 e. The third-order valence-electron chi connectivity index (χ3n) is 3.21. The van der Waals surface area contributed by atoms with E-state index < -0.39 is 0 Å². The van der Waals surface area contributed by atoms with Crippen LogP contribution in [0.15, 0.2) is 24.3 Å². The molecule has 0 radical (unpaired) electrons. The van der Waals surface area contributed by atoms with Gasteiger partial charge in [0.15, 0.2) is 0 Å². The number of fused-ring (bicyclic) bond motifs is 1. The first-order valence-corrected chi connectivity index (χ1v) is 5.79. The molecule has 1 aliphatic rings. The zero-order chi connectivity index (χ0) is 10.5. The van der Waals surface area contributed by atoms with Gasteiger partial charge in [0.05, 0.1) is 19.2 Å². The zero-order valence-electron chi connectivity index (χ0n) is 9.41. The lowest BCUT2D eigenvalue weighted by atomic mass is 9.88. The predicted molar refractivity (Wildman–Crippen MR) is 60.9 cm³/mol. The van der Waals surface area contributed by atoms with Crippen molar-refractivity contribution in [2.24, 2.45) is 0 Å². The minimum Gasteiger partial charge on any atom is -0.379 e. The Hall–Kier alpha value is -0.860. The Morgan fingerprint density at radius 3 is 2.93 bits per heavy atom. The van der Waals surface area contributed by atoms with Crippen LogP contribution in [0.4, 0.5) is 0 Å². The fraction of sp³-hybridized carbons (Fsp3) is 0.538. The molecule has 2 N–H and O–H groups in total. The molecule has 0 aromatic heterocycles. The van der Waals surface area contributed by atoms with E-state index in [1.165, 1.54) is 19.3 Å². The minimum absolute atomic E-state index is 0.759. The molecular weight excluding hydrogens is 186 g/mol. The normalized spacial score (nSPS) is 19.9. The first kappa shape index (κ1) is 10.7. The summed E-state index contributed by atoms with van der Waals surface area (Å²) < 4.78 is 5.07. The number of nitrogens with two attached hydrogens (primary N) is 1. The van der Waals surface area contributed by atoms with Crippen LogP contribution in [0.25, 0.3) is 0 Å². The lowest BCUT2D eigenvalue weighted by molar-refractivity contribution is -0.691. The molecule has 0 amide bonds. The van der Waals surface area contributed by atoms with Gasteiger partial charge in [-0.05, 0) is 17.5 Å². The van der Waals surface area contributed by atoms with E-state index in [4.69, 9.17) is 4.74 Å². The van der Waals surface area contributed by atoms with Gasteiger partial charge in [-0.25, -0.2) is 0 Å². The van der Waals surface area contributed by atoms with Crippen molar-refractivity contribution in [3.8, 4) is 0 Å². The summed E-state index contributed by atoms with van der Waals surface area (Å²) in [6.07, 6.45) is 3.77. The Labute approximate surface area is 91.6 Å². The number of quaternary nitrogens is 1. The molecule has 0 unspecified atom stereocenters. The standard InChI is InChI=1S/C13H19NO/c1-15-9-8-14-13-7-6-11-4-2-3-5-12(11)10-13/h2-5,13-14H,6-10H2,1H3/p+1/t13-/m1/s1. The molecule has 2 heteroatoms. The second kappa shape index (κ2) is 5.29. The minimum atomic E-state index is 0.759. The first-order valence-electron chi connectivity index (χ1n) is 5.79. The van der Waals surface area contributed by atoms with E-state index >= 15 is 0 Å². The van der Waals surface area contributed by atoms with Gasteiger partial charge in [0.1, 0.15) is 0 Å². The van der Waals surface area contributed by atoms with Crippen molar-refractivity contribution in [2.75, 3.05) is 20.3 Å². The van der Waals surface area contributed by atoms with Crippen LogP contribution in [0, 0.1) is 0 Å². The maximum Gasteiger partial charge on any atom is 0.0995 e. The van der Waals surface area contributed by atoms with Crippen molar-refractivity contribution in [3.05, 3.63) is 35.4 Å². The van der Waals surface area contributed by atoms with Gasteiger partial charge in [-0.15, -0.1) is 0 Å². The van der Waals surface area contributed by atoms with Gasteiger partial charge in [0, 0.05) is 20.0 Å². The van der Waals surface area contributed by atoms with E-state index in [0.29, 0.717) is 0 Å². The zero-order valence-corrected chi connectivity index (χ0v) is 9.41. The van der Waals surface area contributed by atoms with E-state index in [1.54, 1.807) is 18.2 Å². The molecule has 2 rings (SSSR count). The monoisotopic (exact) mass is 206 g/mol. The van der Waals surface area contributed by atoms with Crippen molar-refractivity contribution in [3.63, 3.8) is 0 Å². The molecule has 0 fully saturated rings. The number of aryl methyl sites for hydroxylation is 1. The molecule has 0 saturated heterocycles. The first-order chi connectivity index (χ1) is 7.40. The van der Waals surface area contributed by atoms with E-state index in [0.717, 1.165) is 19.2 Å². The van der Waals surface area contributed by atoms with Crippen molar-refractivity contribution >= 4 is 0 Å². The highest BCUT2D eigenvalue weighted by Crippen LogP contribution is 2.19. The average Bonchev–Trinajstić information content (AvgIpc) is 2.29. The molecule has 0 heterocycles. The number of benzene rings is 1. The maximum atomic E-state index is 5.07. The van der Waals surface area contributed by atoms with Gasteiger partial charge >= 0.3 is 0 Å². The van der Waals surface area contributed by atoms with Gasteiger partial charge in [-0.2, -0.15) is 0 Å². The van der Waals surface area contributed by atoms with E-state index in [9.17, 15) is 0 Å². The number of methoxy groups -OCH3 is 1.